The van der Waals surface area contributed by atoms with Gasteiger partial charge >= 0.3 is 0 Å². The van der Waals surface area contributed by atoms with E-state index in [0.717, 1.165) is 12.8 Å². The van der Waals surface area contributed by atoms with Crippen LogP contribution in [0.5, 0.6) is 0 Å². The molecule has 2 aromatic carbocycles. The van der Waals surface area contributed by atoms with Gasteiger partial charge in [-0.3, -0.25) is 4.79 Å². The Morgan fingerprint density at radius 2 is 1.68 bits per heavy atom. The first-order valence-electron chi connectivity index (χ1n) is 7.43. The average Bonchev–Trinajstić information content (AvgIpc) is 2.51. The van der Waals surface area contributed by atoms with Gasteiger partial charge in [0.05, 0.1) is 15.7 Å². The highest BCUT2D eigenvalue weighted by atomic mass is 35.5. The number of carbonyl (C=O) groups excluding carboxylic acids is 1. The second-order valence-corrected chi connectivity index (χ2v) is 6.48. The molecule has 0 aromatic heterocycles. The second kappa shape index (κ2) is 6.72. The molecule has 2 nitrogen and oxygen atoms in total. The molecule has 4 heteroatoms. The number of carbonyl (C=O) groups is 1. The Hall–Kier alpha value is -1.51. The van der Waals surface area contributed by atoms with Crippen molar-refractivity contribution in [2.75, 3.05) is 11.4 Å². The van der Waals surface area contributed by atoms with Gasteiger partial charge < -0.3 is 4.90 Å². The summed E-state index contributed by atoms with van der Waals surface area (Å²) in [5.41, 5.74) is 1.95. The Bertz CT molecular complexity index is 652. The summed E-state index contributed by atoms with van der Waals surface area (Å²) in [6, 6.07) is 15.7. The first kappa shape index (κ1) is 15.4. The molecule has 1 aliphatic rings. The van der Waals surface area contributed by atoms with E-state index in [1.165, 1.54) is 5.56 Å². The quantitative estimate of drug-likeness (QED) is 0.775. The van der Waals surface area contributed by atoms with Crippen molar-refractivity contribution in [1.29, 1.82) is 0 Å². The number of hydrogen-bond donors (Lipinski definition) is 0. The molecule has 22 heavy (non-hydrogen) atoms. The maximum atomic E-state index is 12.3. The molecule has 114 valence electrons. The molecule has 1 fully saturated rings. The highest BCUT2D eigenvalue weighted by Crippen LogP contribution is 2.36. The van der Waals surface area contributed by atoms with Crippen LogP contribution in [0.3, 0.4) is 0 Å². The Balaban J connectivity index is 1.81. The largest absolute Gasteiger partial charge is 0.309 e. The monoisotopic (exact) mass is 333 g/mol. The second-order valence-electron chi connectivity index (χ2n) is 5.67. The normalized spacial score (nSPS) is 18.5. The highest BCUT2D eigenvalue weighted by Gasteiger charge is 2.29. The summed E-state index contributed by atoms with van der Waals surface area (Å²) < 4.78 is 0. The van der Waals surface area contributed by atoms with E-state index in [-0.39, 0.29) is 5.91 Å². The zero-order chi connectivity index (χ0) is 15.5. The molecule has 0 saturated carbocycles. The van der Waals surface area contributed by atoms with Gasteiger partial charge in [0.2, 0.25) is 5.91 Å². The summed E-state index contributed by atoms with van der Waals surface area (Å²) >= 11 is 12.5. The Kier molecular flexibility index (Phi) is 4.70. The molecule has 1 amide bonds. The molecule has 0 bridgehead atoms. The van der Waals surface area contributed by atoms with Crippen LogP contribution < -0.4 is 4.90 Å². The van der Waals surface area contributed by atoms with Gasteiger partial charge in [-0.25, -0.2) is 0 Å². The fourth-order valence-electron chi connectivity index (χ4n) is 2.99. The van der Waals surface area contributed by atoms with Gasteiger partial charge in [0, 0.05) is 13.0 Å². The van der Waals surface area contributed by atoms with Crippen molar-refractivity contribution in [3.8, 4) is 0 Å². The molecule has 1 atom stereocenters. The number of rotatable bonds is 3. The predicted molar refractivity (Wildman–Crippen MR) is 91.7 cm³/mol. The van der Waals surface area contributed by atoms with Crippen LogP contribution in [0.4, 0.5) is 5.69 Å². The zero-order valence-electron chi connectivity index (χ0n) is 12.1. The number of hydrogen-bond acceptors (Lipinski definition) is 1. The van der Waals surface area contributed by atoms with E-state index in [0.29, 0.717) is 34.6 Å². The summed E-state index contributed by atoms with van der Waals surface area (Å²) in [7, 11) is 0. The van der Waals surface area contributed by atoms with E-state index in [4.69, 9.17) is 23.2 Å². The fraction of sp³-hybridized carbons (Fsp3) is 0.278. The molecule has 0 spiro atoms. The smallest absolute Gasteiger partial charge is 0.227 e. The summed E-state index contributed by atoms with van der Waals surface area (Å²) in [5.74, 6) is 0.520. The van der Waals surface area contributed by atoms with Crippen LogP contribution in [0.15, 0.2) is 48.5 Å². The minimum absolute atomic E-state index is 0.0966. The topological polar surface area (TPSA) is 20.3 Å². The highest BCUT2D eigenvalue weighted by molar-refractivity contribution is 6.39. The van der Waals surface area contributed by atoms with Crippen molar-refractivity contribution in [3.63, 3.8) is 0 Å². The number of benzene rings is 2. The molecule has 3 rings (SSSR count). The van der Waals surface area contributed by atoms with Crippen LogP contribution in [-0.2, 0) is 11.2 Å². The first-order valence-corrected chi connectivity index (χ1v) is 8.19. The number of para-hydroxylation sites is 1. The third-order valence-electron chi connectivity index (χ3n) is 4.08. The van der Waals surface area contributed by atoms with Crippen molar-refractivity contribution in [3.05, 3.63) is 64.1 Å². The van der Waals surface area contributed by atoms with Crippen LogP contribution in [0, 0.1) is 5.92 Å². The Labute approximate surface area is 140 Å². The number of anilines is 1. The maximum absolute atomic E-state index is 12.3. The van der Waals surface area contributed by atoms with Gasteiger partial charge in [-0.1, -0.05) is 59.6 Å². The molecule has 1 saturated heterocycles. The minimum Gasteiger partial charge on any atom is -0.309 e. The van der Waals surface area contributed by atoms with Gasteiger partial charge in [0.15, 0.2) is 0 Å². The van der Waals surface area contributed by atoms with Gasteiger partial charge in [-0.15, -0.1) is 0 Å². The standard InChI is InChI=1S/C18H17Cl2NO/c19-15-7-4-8-16(20)18(15)21-12-14(9-10-17(21)22)11-13-5-2-1-3-6-13/h1-8,14H,9-12H2. The van der Waals surface area contributed by atoms with E-state index in [1.807, 2.05) is 18.2 Å². The molecule has 1 unspecified atom stereocenters. The lowest BCUT2D eigenvalue weighted by atomic mass is 9.90. The fourth-order valence-corrected chi connectivity index (χ4v) is 3.59. The lowest BCUT2D eigenvalue weighted by Crippen LogP contribution is -2.41. The molecule has 1 aliphatic heterocycles. The molecule has 0 radical (unpaired) electrons. The third kappa shape index (κ3) is 3.29. The zero-order valence-corrected chi connectivity index (χ0v) is 13.6. The van der Waals surface area contributed by atoms with E-state index < -0.39 is 0 Å². The van der Waals surface area contributed by atoms with E-state index in [1.54, 1.807) is 23.1 Å². The number of halogens is 2. The van der Waals surface area contributed by atoms with Crippen molar-refractivity contribution < 1.29 is 4.79 Å². The van der Waals surface area contributed by atoms with Gasteiger partial charge in [0.25, 0.3) is 0 Å². The van der Waals surface area contributed by atoms with Crippen LogP contribution in [0.25, 0.3) is 0 Å². The van der Waals surface area contributed by atoms with Crippen LogP contribution >= 0.6 is 23.2 Å². The molecule has 2 aromatic rings. The number of piperidine rings is 1. The van der Waals surface area contributed by atoms with Crippen molar-refractivity contribution in [2.24, 2.45) is 5.92 Å². The van der Waals surface area contributed by atoms with Crippen LogP contribution in [-0.4, -0.2) is 12.5 Å². The number of amides is 1. The molecule has 0 N–H and O–H groups in total. The average molecular weight is 334 g/mol. The summed E-state index contributed by atoms with van der Waals surface area (Å²) in [6.07, 6.45) is 2.41. The number of nitrogens with zero attached hydrogens (tertiary/aromatic N) is 1. The predicted octanol–water partition coefficient (Wildman–Crippen LogP) is 4.98. The lowest BCUT2D eigenvalue weighted by molar-refractivity contribution is -0.120. The molecular weight excluding hydrogens is 317 g/mol. The molecule has 0 aliphatic carbocycles. The van der Waals surface area contributed by atoms with Crippen molar-refractivity contribution >= 4 is 34.8 Å². The van der Waals surface area contributed by atoms with Crippen LogP contribution in [0.1, 0.15) is 18.4 Å². The third-order valence-corrected chi connectivity index (χ3v) is 4.69. The minimum atomic E-state index is 0.0966. The SMILES string of the molecule is O=C1CCC(Cc2ccccc2)CN1c1c(Cl)cccc1Cl. The molecule has 1 heterocycles. The van der Waals surface area contributed by atoms with Crippen LogP contribution in [0.2, 0.25) is 10.0 Å². The van der Waals surface area contributed by atoms with Gasteiger partial charge in [-0.2, -0.15) is 0 Å². The molecular formula is C18H17Cl2NO. The lowest BCUT2D eigenvalue weighted by Gasteiger charge is -2.33. The van der Waals surface area contributed by atoms with Crippen molar-refractivity contribution in [2.45, 2.75) is 19.3 Å². The maximum Gasteiger partial charge on any atom is 0.227 e. The summed E-state index contributed by atoms with van der Waals surface area (Å²) in [6.45, 7) is 0.664. The first-order chi connectivity index (χ1) is 10.6. The van der Waals surface area contributed by atoms with E-state index >= 15 is 0 Å². The summed E-state index contributed by atoms with van der Waals surface area (Å²) in [4.78, 5) is 14.1. The van der Waals surface area contributed by atoms with E-state index in [2.05, 4.69) is 12.1 Å². The van der Waals surface area contributed by atoms with Crippen molar-refractivity contribution in [1.82, 2.24) is 0 Å². The van der Waals surface area contributed by atoms with Gasteiger partial charge in [0.1, 0.15) is 0 Å². The summed E-state index contributed by atoms with van der Waals surface area (Å²) in [5, 5.41) is 1.06. The van der Waals surface area contributed by atoms with Gasteiger partial charge in [-0.05, 0) is 36.5 Å². The Morgan fingerprint density at radius 3 is 2.36 bits per heavy atom. The van der Waals surface area contributed by atoms with E-state index in [9.17, 15) is 4.79 Å². The Morgan fingerprint density at radius 1 is 1.00 bits per heavy atom.